The summed E-state index contributed by atoms with van der Waals surface area (Å²) >= 11 is 5.93. The van der Waals surface area contributed by atoms with E-state index in [1.54, 1.807) is 48.2 Å². The van der Waals surface area contributed by atoms with Crippen LogP contribution in [-0.4, -0.2) is 73.6 Å². The van der Waals surface area contributed by atoms with Gasteiger partial charge in [0.2, 0.25) is 10.0 Å². The molecular formula is C29H33ClN4O6S. The average Bonchev–Trinajstić information content (AvgIpc) is 2.95. The number of hydrogen-bond donors (Lipinski definition) is 3. The molecule has 0 saturated carbocycles. The summed E-state index contributed by atoms with van der Waals surface area (Å²) in [6.07, 6.45) is -0.637. The lowest BCUT2D eigenvalue weighted by atomic mass is 9.99. The molecular weight excluding hydrogens is 568 g/mol. The third-order valence-electron chi connectivity index (χ3n) is 6.91. The molecule has 3 atom stereocenters. The van der Waals surface area contributed by atoms with Gasteiger partial charge in [0.15, 0.2) is 0 Å². The van der Waals surface area contributed by atoms with Crippen LogP contribution in [0.2, 0.25) is 5.02 Å². The Bertz CT molecular complexity index is 1490. The first-order chi connectivity index (χ1) is 19.5. The highest BCUT2D eigenvalue weighted by Gasteiger charge is 2.35. The molecule has 0 saturated heterocycles. The van der Waals surface area contributed by atoms with Gasteiger partial charge in [-0.2, -0.15) is 4.31 Å². The molecule has 1 aliphatic rings. The second-order valence-corrected chi connectivity index (χ2v) is 12.5. The second kappa shape index (κ2) is 12.9. The number of anilines is 2. The highest BCUT2D eigenvalue weighted by atomic mass is 35.5. The van der Waals surface area contributed by atoms with E-state index >= 15 is 0 Å². The zero-order valence-electron chi connectivity index (χ0n) is 23.0. The normalized spacial score (nSPS) is 18.1. The second-order valence-electron chi connectivity index (χ2n) is 10.0. The molecule has 1 heterocycles. The van der Waals surface area contributed by atoms with Crippen molar-refractivity contribution in [2.45, 2.75) is 30.9 Å². The number of benzene rings is 3. The first-order valence-electron chi connectivity index (χ1n) is 13.1. The highest BCUT2D eigenvalue weighted by molar-refractivity contribution is 7.89. The maximum Gasteiger partial charge on any atom is 0.323 e. The van der Waals surface area contributed by atoms with E-state index in [2.05, 4.69) is 10.6 Å². The molecule has 0 unspecified atom stereocenters. The molecule has 0 aliphatic carbocycles. The minimum absolute atomic E-state index is 0.000581. The molecule has 1 aliphatic heterocycles. The summed E-state index contributed by atoms with van der Waals surface area (Å²) in [4.78, 5) is 27.9. The van der Waals surface area contributed by atoms with Gasteiger partial charge in [0.1, 0.15) is 11.9 Å². The number of para-hydroxylation sites is 1. The van der Waals surface area contributed by atoms with E-state index in [-0.39, 0.29) is 47.7 Å². The summed E-state index contributed by atoms with van der Waals surface area (Å²) in [6, 6.07) is 18.5. The standard InChI is InChI=1S/C29H33ClN4O6S/c1-19-16-34(20(2)18-35)28(36)25-15-23(32-29(37)31-22-7-5-4-6-8-22)11-14-26(25)40-27(19)17-33(3)41(38,39)24-12-9-21(30)10-13-24/h4-15,19-20,27,35H,16-18H2,1-3H3,(H2,31,32,37)/t19-,20+,27+/m1/s1. The molecule has 3 aromatic rings. The lowest BCUT2D eigenvalue weighted by Crippen LogP contribution is -2.50. The van der Waals surface area contributed by atoms with Gasteiger partial charge in [-0.05, 0) is 61.5 Å². The predicted molar refractivity (Wildman–Crippen MR) is 158 cm³/mol. The summed E-state index contributed by atoms with van der Waals surface area (Å²) in [5.41, 5.74) is 1.15. The Morgan fingerprint density at radius 3 is 2.41 bits per heavy atom. The van der Waals surface area contributed by atoms with E-state index in [9.17, 15) is 23.1 Å². The number of hydrogen-bond acceptors (Lipinski definition) is 6. The number of rotatable bonds is 8. The number of nitrogens with one attached hydrogen (secondary N) is 2. The van der Waals surface area contributed by atoms with Gasteiger partial charge in [-0.15, -0.1) is 0 Å². The van der Waals surface area contributed by atoms with Crippen LogP contribution in [0.5, 0.6) is 5.75 Å². The molecule has 0 fully saturated rings. The van der Waals surface area contributed by atoms with Gasteiger partial charge in [0.05, 0.1) is 29.7 Å². The molecule has 3 N–H and O–H groups in total. The summed E-state index contributed by atoms with van der Waals surface area (Å²) in [5.74, 6) is -0.424. The van der Waals surface area contributed by atoms with Crippen LogP contribution in [0.25, 0.3) is 0 Å². The molecule has 3 aromatic carbocycles. The van der Waals surface area contributed by atoms with Crippen LogP contribution in [-0.2, 0) is 10.0 Å². The van der Waals surface area contributed by atoms with E-state index in [1.165, 1.54) is 41.7 Å². The summed E-state index contributed by atoms with van der Waals surface area (Å²) in [5, 5.41) is 15.8. The quantitative estimate of drug-likeness (QED) is 0.349. The van der Waals surface area contributed by atoms with Gasteiger partial charge in [0.25, 0.3) is 5.91 Å². The van der Waals surface area contributed by atoms with E-state index in [1.807, 2.05) is 13.0 Å². The average molecular weight is 601 g/mol. The van der Waals surface area contributed by atoms with Crippen LogP contribution in [0.3, 0.4) is 0 Å². The number of urea groups is 1. The number of nitrogens with zero attached hydrogens (tertiary/aromatic N) is 2. The lowest BCUT2D eigenvalue weighted by molar-refractivity contribution is 0.0387. The van der Waals surface area contributed by atoms with Crippen molar-refractivity contribution in [1.29, 1.82) is 0 Å². The maximum absolute atomic E-state index is 13.7. The number of carbonyl (C=O) groups excluding carboxylic acids is 2. The number of carbonyl (C=O) groups is 2. The smallest absolute Gasteiger partial charge is 0.323 e. The number of amides is 3. The van der Waals surface area contributed by atoms with Gasteiger partial charge in [-0.1, -0.05) is 36.7 Å². The van der Waals surface area contributed by atoms with E-state index < -0.39 is 28.2 Å². The fourth-order valence-corrected chi connectivity index (χ4v) is 5.78. The molecule has 0 bridgehead atoms. The van der Waals surface area contributed by atoms with Crippen molar-refractivity contribution in [3.8, 4) is 5.75 Å². The van der Waals surface area contributed by atoms with Gasteiger partial charge in [0, 0.05) is 35.9 Å². The fourth-order valence-electron chi connectivity index (χ4n) is 4.47. The van der Waals surface area contributed by atoms with E-state index in [4.69, 9.17) is 16.3 Å². The third kappa shape index (κ3) is 7.17. The van der Waals surface area contributed by atoms with Crippen molar-refractivity contribution in [2.24, 2.45) is 5.92 Å². The van der Waals surface area contributed by atoms with E-state index in [0.29, 0.717) is 16.4 Å². The largest absolute Gasteiger partial charge is 0.488 e. The van der Waals surface area contributed by atoms with Crippen molar-refractivity contribution in [3.05, 3.63) is 83.4 Å². The Balaban J connectivity index is 1.61. The van der Waals surface area contributed by atoms with E-state index in [0.717, 1.165) is 0 Å². The van der Waals surface area contributed by atoms with Crippen LogP contribution < -0.4 is 15.4 Å². The zero-order valence-corrected chi connectivity index (χ0v) is 24.5. The fraction of sp³-hybridized carbons (Fsp3) is 0.310. The predicted octanol–water partition coefficient (Wildman–Crippen LogP) is 4.52. The summed E-state index contributed by atoms with van der Waals surface area (Å²) < 4.78 is 34.0. The van der Waals surface area contributed by atoms with Crippen LogP contribution >= 0.6 is 11.6 Å². The third-order valence-corrected chi connectivity index (χ3v) is 9.00. The number of halogens is 1. The van der Waals surface area contributed by atoms with Gasteiger partial charge >= 0.3 is 6.03 Å². The highest BCUT2D eigenvalue weighted by Crippen LogP contribution is 2.31. The molecule has 0 aromatic heterocycles. The molecule has 12 heteroatoms. The van der Waals surface area contributed by atoms with Crippen molar-refractivity contribution in [2.75, 3.05) is 37.4 Å². The minimum atomic E-state index is -3.85. The van der Waals surface area contributed by atoms with Gasteiger partial charge in [-0.25, -0.2) is 13.2 Å². The number of aliphatic hydroxyl groups excluding tert-OH is 1. The molecule has 10 nitrogen and oxygen atoms in total. The summed E-state index contributed by atoms with van der Waals surface area (Å²) in [7, 11) is -2.38. The maximum atomic E-state index is 13.7. The van der Waals surface area contributed by atoms with Crippen molar-refractivity contribution >= 4 is 44.9 Å². The van der Waals surface area contributed by atoms with Crippen LogP contribution in [0.4, 0.5) is 16.2 Å². The molecule has 41 heavy (non-hydrogen) atoms. The monoisotopic (exact) mass is 600 g/mol. The first-order valence-corrected chi connectivity index (χ1v) is 14.9. The molecule has 4 rings (SSSR count). The lowest BCUT2D eigenvalue weighted by Gasteiger charge is -2.38. The number of sulfonamides is 1. The molecule has 0 spiro atoms. The van der Waals surface area contributed by atoms with Crippen molar-refractivity contribution < 1.29 is 27.9 Å². The van der Waals surface area contributed by atoms with Gasteiger partial charge < -0.3 is 25.4 Å². The molecule has 218 valence electrons. The zero-order chi connectivity index (χ0) is 29.7. The Hall–Kier alpha value is -3.64. The minimum Gasteiger partial charge on any atom is -0.488 e. The summed E-state index contributed by atoms with van der Waals surface area (Å²) in [6.45, 7) is 3.55. The number of aliphatic hydroxyl groups is 1. The van der Waals surface area contributed by atoms with Crippen LogP contribution in [0, 0.1) is 5.92 Å². The van der Waals surface area contributed by atoms with Crippen LogP contribution in [0.15, 0.2) is 77.7 Å². The number of fused-ring (bicyclic) bond motifs is 1. The number of likely N-dealkylation sites (N-methyl/N-ethyl adjacent to an activating group) is 1. The Kier molecular flexibility index (Phi) is 9.54. The van der Waals surface area contributed by atoms with Crippen molar-refractivity contribution in [1.82, 2.24) is 9.21 Å². The number of ether oxygens (including phenoxy) is 1. The van der Waals surface area contributed by atoms with Crippen LogP contribution in [0.1, 0.15) is 24.2 Å². The Morgan fingerprint density at radius 2 is 1.76 bits per heavy atom. The molecule has 0 radical (unpaired) electrons. The topological polar surface area (TPSA) is 128 Å². The first kappa shape index (κ1) is 30.3. The SMILES string of the molecule is C[C@@H]1CN([C@@H](C)CO)C(=O)c2cc(NC(=O)Nc3ccccc3)ccc2O[C@H]1CN(C)S(=O)(=O)c1ccc(Cl)cc1. The van der Waals surface area contributed by atoms with Crippen molar-refractivity contribution in [3.63, 3.8) is 0 Å². The Labute approximate surface area is 244 Å². The Morgan fingerprint density at radius 1 is 1.10 bits per heavy atom. The van der Waals surface area contributed by atoms with Gasteiger partial charge in [-0.3, -0.25) is 4.79 Å². The molecule has 3 amide bonds.